The Kier molecular flexibility index (Phi) is 4.49. The molecule has 5 aromatic carbocycles. The largest absolute Gasteiger partial charge is 0.289 e. The predicted molar refractivity (Wildman–Crippen MR) is 126 cm³/mol. The Morgan fingerprint density at radius 1 is 0.621 bits per heavy atom. The first-order valence-electron chi connectivity index (χ1n) is 9.52. The van der Waals surface area contributed by atoms with Crippen molar-refractivity contribution in [1.82, 2.24) is 0 Å². The average Bonchev–Trinajstić information content (AvgIpc) is 2.77. The van der Waals surface area contributed by atoms with Gasteiger partial charge in [0.25, 0.3) is 0 Å². The zero-order valence-electron chi connectivity index (χ0n) is 15.6. The first-order valence-corrected chi connectivity index (χ1v) is 10.3. The van der Waals surface area contributed by atoms with Crippen LogP contribution in [0.5, 0.6) is 0 Å². The van der Waals surface area contributed by atoms with Crippen LogP contribution in [0.1, 0.15) is 15.9 Å². The van der Waals surface area contributed by atoms with Crippen LogP contribution >= 0.6 is 15.9 Å². The molecular formula is C27H17BrO. The third-order valence-corrected chi connectivity index (χ3v) is 5.80. The van der Waals surface area contributed by atoms with Gasteiger partial charge in [-0.15, -0.1) is 0 Å². The van der Waals surface area contributed by atoms with E-state index in [1.807, 2.05) is 30.3 Å². The van der Waals surface area contributed by atoms with Crippen LogP contribution in [-0.4, -0.2) is 5.78 Å². The van der Waals surface area contributed by atoms with Crippen molar-refractivity contribution in [3.05, 3.63) is 113 Å². The second-order valence-corrected chi connectivity index (χ2v) is 8.02. The molecule has 2 heteroatoms. The number of hydrogen-bond acceptors (Lipinski definition) is 1. The number of halogens is 1. The lowest BCUT2D eigenvalue weighted by Gasteiger charge is -2.10. The predicted octanol–water partition coefficient (Wildman–Crippen LogP) is 7.80. The normalized spacial score (nSPS) is 11.6. The molecule has 0 aliphatic rings. The van der Waals surface area contributed by atoms with Gasteiger partial charge in [0.15, 0.2) is 5.78 Å². The topological polar surface area (TPSA) is 17.1 Å². The van der Waals surface area contributed by atoms with E-state index in [4.69, 9.17) is 0 Å². The van der Waals surface area contributed by atoms with Crippen LogP contribution in [0.15, 0.2) is 102 Å². The molecule has 0 heterocycles. The highest BCUT2D eigenvalue weighted by Gasteiger charge is 2.08. The lowest BCUT2D eigenvalue weighted by Crippen LogP contribution is -1.93. The van der Waals surface area contributed by atoms with Gasteiger partial charge in [0, 0.05) is 10.0 Å². The molecule has 29 heavy (non-hydrogen) atoms. The minimum atomic E-state index is -0.00485. The molecule has 5 aromatic rings. The highest BCUT2D eigenvalue weighted by molar-refractivity contribution is 9.10. The molecule has 0 N–H and O–H groups in total. The maximum atomic E-state index is 12.5. The van der Waals surface area contributed by atoms with E-state index < -0.39 is 0 Å². The van der Waals surface area contributed by atoms with Crippen LogP contribution in [0.3, 0.4) is 0 Å². The fourth-order valence-corrected chi connectivity index (χ4v) is 4.34. The third kappa shape index (κ3) is 3.26. The minimum absolute atomic E-state index is 0.00485. The number of ketones is 1. The molecule has 0 radical (unpaired) electrons. The minimum Gasteiger partial charge on any atom is -0.289 e. The van der Waals surface area contributed by atoms with Gasteiger partial charge in [-0.2, -0.15) is 0 Å². The Labute approximate surface area is 177 Å². The van der Waals surface area contributed by atoms with E-state index in [2.05, 4.69) is 82.7 Å². The van der Waals surface area contributed by atoms with Crippen LogP contribution < -0.4 is 0 Å². The summed E-state index contributed by atoms with van der Waals surface area (Å²) in [7, 11) is 0. The van der Waals surface area contributed by atoms with Crippen molar-refractivity contribution >= 4 is 60.1 Å². The number of hydrogen-bond donors (Lipinski definition) is 0. The monoisotopic (exact) mass is 436 g/mol. The number of benzene rings is 5. The maximum absolute atomic E-state index is 12.5. The van der Waals surface area contributed by atoms with Crippen molar-refractivity contribution < 1.29 is 4.79 Å². The second kappa shape index (κ2) is 7.31. The van der Waals surface area contributed by atoms with Gasteiger partial charge < -0.3 is 0 Å². The second-order valence-electron chi connectivity index (χ2n) is 7.10. The molecule has 0 fully saturated rings. The summed E-state index contributed by atoms with van der Waals surface area (Å²) in [5.41, 5.74) is 1.69. The first-order chi connectivity index (χ1) is 14.2. The number of rotatable bonds is 3. The van der Waals surface area contributed by atoms with E-state index in [1.54, 1.807) is 6.08 Å². The van der Waals surface area contributed by atoms with Crippen LogP contribution in [0.4, 0.5) is 0 Å². The van der Waals surface area contributed by atoms with Crippen molar-refractivity contribution in [2.24, 2.45) is 0 Å². The van der Waals surface area contributed by atoms with Crippen molar-refractivity contribution in [3.8, 4) is 0 Å². The summed E-state index contributed by atoms with van der Waals surface area (Å²) in [6.07, 6.45) is 3.54. The van der Waals surface area contributed by atoms with Gasteiger partial charge in [-0.1, -0.05) is 94.8 Å². The summed E-state index contributed by atoms with van der Waals surface area (Å²) in [4.78, 5) is 12.5. The summed E-state index contributed by atoms with van der Waals surface area (Å²) < 4.78 is 0.904. The summed E-state index contributed by atoms with van der Waals surface area (Å²) in [6, 6.07) is 30.9. The van der Waals surface area contributed by atoms with E-state index in [9.17, 15) is 4.79 Å². The molecule has 0 unspecified atom stereocenters. The van der Waals surface area contributed by atoms with Gasteiger partial charge in [-0.05, 0) is 62.2 Å². The number of carbonyl (C=O) groups is 1. The van der Waals surface area contributed by atoms with Gasteiger partial charge in [0.2, 0.25) is 0 Å². The van der Waals surface area contributed by atoms with E-state index in [0.717, 1.165) is 10.0 Å². The number of fused-ring (bicyclic) bond motifs is 6. The van der Waals surface area contributed by atoms with Crippen molar-refractivity contribution in [2.45, 2.75) is 0 Å². The molecule has 5 rings (SSSR count). The summed E-state index contributed by atoms with van der Waals surface area (Å²) in [6.45, 7) is 0. The summed E-state index contributed by atoms with van der Waals surface area (Å²) in [5.74, 6) is -0.00485. The zero-order chi connectivity index (χ0) is 19.8. The van der Waals surface area contributed by atoms with Crippen molar-refractivity contribution in [3.63, 3.8) is 0 Å². The Balaban J connectivity index is 1.65. The molecular weight excluding hydrogens is 420 g/mol. The molecule has 0 bridgehead atoms. The van der Waals surface area contributed by atoms with Gasteiger partial charge in [-0.3, -0.25) is 4.79 Å². The SMILES string of the molecule is O=C(/C=C/c1ccc2c3ccccc3c3ccccc3c2c1)c1cccc(Br)c1. The molecule has 0 spiro atoms. The van der Waals surface area contributed by atoms with Crippen LogP contribution in [0.2, 0.25) is 0 Å². The fourth-order valence-electron chi connectivity index (χ4n) is 3.94. The standard InChI is InChI=1S/C27H17BrO/c28-20-7-5-6-19(17-20)27(29)15-13-18-12-14-25-23-10-2-1-8-21(23)22-9-3-4-11-24(22)26(25)16-18/h1-17H/b15-13+. The molecule has 0 saturated heterocycles. The fraction of sp³-hybridized carbons (Fsp3) is 0. The Morgan fingerprint density at radius 3 is 1.83 bits per heavy atom. The highest BCUT2D eigenvalue weighted by atomic mass is 79.9. The van der Waals surface area contributed by atoms with E-state index in [-0.39, 0.29) is 5.78 Å². The van der Waals surface area contributed by atoms with E-state index >= 15 is 0 Å². The summed E-state index contributed by atoms with van der Waals surface area (Å²) >= 11 is 3.42. The highest BCUT2D eigenvalue weighted by Crippen LogP contribution is 2.35. The lowest BCUT2D eigenvalue weighted by molar-refractivity contribution is 0.104. The number of carbonyl (C=O) groups excluding carboxylic acids is 1. The van der Waals surface area contributed by atoms with E-state index in [1.165, 1.54) is 32.3 Å². The molecule has 0 amide bonds. The Hall–Kier alpha value is -3.23. The Bertz CT molecular complexity index is 1390. The molecule has 0 saturated carbocycles. The molecule has 0 aliphatic heterocycles. The van der Waals surface area contributed by atoms with Crippen molar-refractivity contribution in [2.75, 3.05) is 0 Å². The maximum Gasteiger partial charge on any atom is 0.185 e. The number of allylic oxidation sites excluding steroid dienone is 1. The lowest BCUT2D eigenvalue weighted by atomic mass is 9.93. The zero-order valence-corrected chi connectivity index (χ0v) is 17.2. The average molecular weight is 437 g/mol. The van der Waals surface area contributed by atoms with Gasteiger partial charge in [0.05, 0.1) is 0 Å². The first kappa shape index (κ1) is 17.8. The van der Waals surface area contributed by atoms with Gasteiger partial charge in [-0.25, -0.2) is 0 Å². The Morgan fingerprint density at radius 2 is 1.21 bits per heavy atom. The van der Waals surface area contributed by atoms with Crippen LogP contribution in [0.25, 0.3) is 38.4 Å². The molecule has 0 aliphatic carbocycles. The molecule has 1 nitrogen and oxygen atoms in total. The van der Waals surface area contributed by atoms with Gasteiger partial charge >= 0.3 is 0 Å². The van der Waals surface area contributed by atoms with Crippen LogP contribution in [0, 0.1) is 0 Å². The van der Waals surface area contributed by atoms with E-state index in [0.29, 0.717) is 5.56 Å². The molecule has 138 valence electrons. The molecule has 0 atom stereocenters. The summed E-state index contributed by atoms with van der Waals surface area (Å²) in [5, 5.41) is 7.44. The smallest absolute Gasteiger partial charge is 0.185 e. The van der Waals surface area contributed by atoms with Crippen molar-refractivity contribution in [1.29, 1.82) is 0 Å². The quantitative estimate of drug-likeness (QED) is 0.160. The third-order valence-electron chi connectivity index (χ3n) is 5.30. The van der Waals surface area contributed by atoms with Crippen LogP contribution in [-0.2, 0) is 0 Å². The molecule has 0 aromatic heterocycles. The van der Waals surface area contributed by atoms with Gasteiger partial charge in [0.1, 0.15) is 0 Å².